The zero-order chi connectivity index (χ0) is 13.8. The molecule has 0 spiro atoms. The van der Waals surface area contributed by atoms with Gasteiger partial charge in [0.05, 0.1) is 0 Å². The van der Waals surface area contributed by atoms with E-state index in [4.69, 9.17) is 11.6 Å². The maximum atomic E-state index is 5.91. The van der Waals surface area contributed by atoms with E-state index in [0.717, 1.165) is 17.1 Å². The van der Waals surface area contributed by atoms with Crippen LogP contribution in [0.2, 0.25) is 5.02 Å². The Labute approximate surface area is 123 Å². The van der Waals surface area contributed by atoms with Crippen LogP contribution in [0.1, 0.15) is 11.3 Å². The van der Waals surface area contributed by atoms with Crippen LogP contribution in [-0.2, 0) is 6.42 Å². The first-order valence-electron chi connectivity index (χ1n) is 6.56. The third-order valence-corrected chi connectivity index (χ3v) is 3.49. The molecule has 0 atom stereocenters. The van der Waals surface area contributed by atoms with E-state index in [1.54, 1.807) is 0 Å². The molecule has 20 heavy (non-hydrogen) atoms. The third kappa shape index (κ3) is 3.06. The van der Waals surface area contributed by atoms with Crippen LogP contribution in [0.3, 0.4) is 0 Å². The van der Waals surface area contributed by atoms with Crippen LogP contribution in [0, 0.1) is 0 Å². The highest BCUT2D eigenvalue weighted by Crippen LogP contribution is 2.22. The van der Waals surface area contributed by atoms with Crippen molar-refractivity contribution in [3.05, 3.63) is 89.2 Å². The van der Waals surface area contributed by atoms with E-state index >= 15 is 0 Å². The third-order valence-electron chi connectivity index (χ3n) is 3.24. The summed E-state index contributed by atoms with van der Waals surface area (Å²) in [6.07, 6.45) is 2.69. The SMILES string of the molecule is Clc1ccc(-c2ccc(Cc3ccccn3)cc2)cc1. The van der Waals surface area contributed by atoms with Crippen molar-refractivity contribution in [2.24, 2.45) is 0 Å². The van der Waals surface area contributed by atoms with Crippen LogP contribution < -0.4 is 0 Å². The molecule has 0 N–H and O–H groups in total. The van der Waals surface area contributed by atoms with Crippen molar-refractivity contribution in [1.82, 2.24) is 4.98 Å². The number of aromatic nitrogens is 1. The highest BCUT2D eigenvalue weighted by Gasteiger charge is 2.00. The van der Waals surface area contributed by atoms with Crippen LogP contribution in [0.25, 0.3) is 11.1 Å². The first-order chi connectivity index (χ1) is 9.81. The van der Waals surface area contributed by atoms with Crippen molar-refractivity contribution >= 4 is 11.6 Å². The molecule has 0 aliphatic carbocycles. The monoisotopic (exact) mass is 279 g/mol. The normalized spacial score (nSPS) is 10.4. The average molecular weight is 280 g/mol. The summed E-state index contributed by atoms with van der Waals surface area (Å²) < 4.78 is 0. The van der Waals surface area contributed by atoms with Gasteiger partial charge in [-0.3, -0.25) is 4.98 Å². The summed E-state index contributed by atoms with van der Waals surface area (Å²) in [5, 5.41) is 0.764. The first-order valence-corrected chi connectivity index (χ1v) is 6.94. The van der Waals surface area contributed by atoms with Crippen LogP contribution in [0.4, 0.5) is 0 Å². The number of hydrogen-bond donors (Lipinski definition) is 0. The quantitative estimate of drug-likeness (QED) is 0.658. The molecule has 1 nitrogen and oxygen atoms in total. The van der Waals surface area contributed by atoms with E-state index in [1.165, 1.54) is 16.7 Å². The predicted molar refractivity (Wildman–Crippen MR) is 83.9 cm³/mol. The zero-order valence-electron chi connectivity index (χ0n) is 11.0. The summed E-state index contributed by atoms with van der Waals surface area (Å²) in [5.41, 5.74) is 4.73. The Bertz CT molecular complexity index is 673. The molecule has 0 aliphatic rings. The van der Waals surface area contributed by atoms with Crippen molar-refractivity contribution in [1.29, 1.82) is 0 Å². The summed E-state index contributed by atoms with van der Waals surface area (Å²) in [6, 6.07) is 22.5. The molecule has 1 aromatic heterocycles. The molecule has 0 saturated carbocycles. The highest BCUT2D eigenvalue weighted by molar-refractivity contribution is 6.30. The molecule has 3 rings (SSSR count). The van der Waals surface area contributed by atoms with Gasteiger partial charge in [0.1, 0.15) is 0 Å². The summed E-state index contributed by atoms with van der Waals surface area (Å²) in [6.45, 7) is 0. The average Bonchev–Trinajstić information content (AvgIpc) is 2.50. The van der Waals surface area contributed by atoms with Gasteiger partial charge in [-0.2, -0.15) is 0 Å². The van der Waals surface area contributed by atoms with Crippen molar-refractivity contribution in [2.75, 3.05) is 0 Å². The molecular weight excluding hydrogens is 266 g/mol. The fourth-order valence-corrected chi connectivity index (χ4v) is 2.30. The topological polar surface area (TPSA) is 12.9 Å². The number of nitrogens with zero attached hydrogens (tertiary/aromatic N) is 1. The van der Waals surface area contributed by atoms with E-state index in [2.05, 4.69) is 29.2 Å². The Hall–Kier alpha value is -2.12. The summed E-state index contributed by atoms with van der Waals surface area (Å²) in [7, 11) is 0. The van der Waals surface area contributed by atoms with Crippen molar-refractivity contribution < 1.29 is 0 Å². The van der Waals surface area contributed by atoms with Gasteiger partial charge >= 0.3 is 0 Å². The zero-order valence-corrected chi connectivity index (χ0v) is 11.7. The molecular formula is C18H14ClN. The highest BCUT2D eigenvalue weighted by atomic mass is 35.5. The first kappa shape index (κ1) is 12.9. The second-order valence-corrected chi connectivity index (χ2v) is 5.14. The van der Waals surface area contributed by atoms with E-state index in [9.17, 15) is 0 Å². The second kappa shape index (κ2) is 5.89. The van der Waals surface area contributed by atoms with Gasteiger partial charge in [0.25, 0.3) is 0 Å². The van der Waals surface area contributed by atoms with E-state index < -0.39 is 0 Å². The lowest BCUT2D eigenvalue weighted by atomic mass is 10.0. The molecule has 0 amide bonds. The van der Waals surface area contributed by atoms with Gasteiger partial charge in [-0.05, 0) is 41.0 Å². The van der Waals surface area contributed by atoms with Gasteiger partial charge in [0, 0.05) is 23.3 Å². The molecule has 0 radical (unpaired) electrons. The van der Waals surface area contributed by atoms with Gasteiger partial charge in [-0.25, -0.2) is 0 Å². The molecule has 0 fully saturated rings. The minimum absolute atomic E-state index is 0.764. The summed E-state index contributed by atoms with van der Waals surface area (Å²) >= 11 is 5.91. The Kier molecular flexibility index (Phi) is 3.80. The van der Waals surface area contributed by atoms with Crippen LogP contribution in [0.5, 0.6) is 0 Å². The van der Waals surface area contributed by atoms with Gasteiger partial charge in [0.15, 0.2) is 0 Å². The lowest BCUT2D eigenvalue weighted by Crippen LogP contribution is -1.90. The Morgan fingerprint density at radius 1 is 0.750 bits per heavy atom. The Morgan fingerprint density at radius 2 is 1.40 bits per heavy atom. The van der Waals surface area contributed by atoms with Crippen LogP contribution in [-0.4, -0.2) is 4.98 Å². The second-order valence-electron chi connectivity index (χ2n) is 4.70. The van der Waals surface area contributed by atoms with Gasteiger partial charge in [-0.15, -0.1) is 0 Å². The molecule has 2 aromatic carbocycles. The number of benzene rings is 2. The lowest BCUT2D eigenvalue weighted by molar-refractivity contribution is 1.07. The molecule has 0 saturated heterocycles. The maximum Gasteiger partial charge on any atom is 0.0447 e. The number of rotatable bonds is 3. The largest absolute Gasteiger partial charge is 0.261 e. The molecule has 0 unspecified atom stereocenters. The standard InChI is InChI=1S/C18H14ClN/c19-17-10-8-16(9-11-17)15-6-4-14(5-7-15)13-18-3-1-2-12-20-18/h1-12H,13H2. The molecule has 0 aliphatic heterocycles. The van der Waals surface area contributed by atoms with Crippen molar-refractivity contribution in [3.63, 3.8) is 0 Å². The smallest absolute Gasteiger partial charge is 0.0447 e. The molecule has 2 heteroatoms. The molecule has 3 aromatic rings. The lowest BCUT2D eigenvalue weighted by Gasteiger charge is -2.05. The fourth-order valence-electron chi connectivity index (χ4n) is 2.17. The summed E-state index contributed by atoms with van der Waals surface area (Å²) in [5.74, 6) is 0. The minimum atomic E-state index is 0.764. The van der Waals surface area contributed by atoms with Gasteiger partial charge < -0.3 is 0 Å². The van der Waals surface area contributed by atoms with Crippen LogP contribution in [0.15, 0.2) is 72.9 Å². The molecule has 98 valence electrons. The Morgan fingerprint density at radius 3 is 2.00 bits per heavy atom. The molecule has 1 heterocycles. The minimum Gasteiger partial charge on any atom is -0.261 e. The van der Waals surface area contributed by atoms with Crippen molar-refractivity contribution in [2.45, 2.75) is 6.42 Å². The predicted octanol–water partition coefficient (Wildman–Crippen LogP) is 4.99. The van der Waals surface area contributed by atoms with Gasteiger partial charge in [-0.1, -0.05) is 54.1 Å². The number of halogens is 1. The van der Waals surface area contributed by atoms with Crippen molar-refractivity contribution in [3.8, 4) is 11.1 Å². The van der Waals surface area contributed by atoms with Crippen LogP contribution >= 0.6 is 11.6 Å². The van der Waals surface area contributed by atoms with E-state index in [1.807, 2.05) is 48.7 Å². The fraction of sp³-hybridized carbons (Fsp3) is 0.0556. The number of hydrogen-bond acceptors (Lipinski definition) is 1. The summed E-state index contributed by atoms with van der Waals surface area (Å²) in [4.78, 5) is 4.35. The van der Waals surface area contributed by atoms with Gasteiger partial charge in [0.2, 0.25) is 0 Å². The van der Waals surface area contributed by atoms with E-state index in [-0.39, 0.29) is 0 Å². The molecule has 0 bridgehead atoms. The maximum absolute atomic E-state index is 5.91. The van der Waals surface area contributed by atoms with E-state index in [0.29, 0.717) is 0 Å². The Balaban J connectivity index is 1.79. The number of pyridine rings is 1.